The van der Waals surface area contributed by atoms with Gasteiger partial charge in [-0.3, -0.25) is 9.59 Å². The molecule has 1 aromatic rings. The number of benzene rings is 1. The summed E-state index contributed by atoms with van der Waals surface area (Å²) in [5, 5.41) is 11.6. The minimum Gasteiger partial charge on any atom is -0.481 e. The van der Waals surface area contributed by atoms with Gasteiger partial charge in [-0.1, -0.05) is 11.6 Å². The molecule has 2 unspecified atom stereocenters. The maximum atomic E-state index is 13.0. The van der Waals surface area contributed by atoms with Gasteiger partial charge in [0.05, 0.1) is 23.6 Å². The Hall–Kier alpha value is -1.86. The molecular weight excluding hydrogens is 329 g/mol. The van der Waals surface area contributed by atoms with Gasteiger partial charge in [0, 0.05) is 7.11 Å². The summed E-state index contributed by atoms with van der Waals surface area (Å²) in [6.45, 7) is 3.05. The van der Waals surface area contributed by atoms with E-state index in [1.807, 2.05) is 0 Å². The Balaban J connectivity index is 2.76. The molecule has 128 valence electrons. The van der Waals surface area contributed by atoms with E-state index in [4.69, 9.17) is 26.2 Å². The van der Waals surface area contributed by atoms with Gasteiger partial charge >= 0.3 is 5.97 Å². The maximum Gasteiger partial charge on any atom is 0.305 e. The number of amides is 1. The van der Waals surface area contributed by atoms with Crippen LogP contribution in [0, 0.1) is 5.82 Å². The van der Waals surface area contributed by atoms with Gasteiger partial charge < -0.3 is 19.9 Å². The van der Waals surface area contributed by atoms with Crippen LogP contribution in [-0.2, 0) is 14.3 Å². The van der Waals surface area contributed by atoms with Gasteiger partial charge in [0.15, 0.2) is 6.10 Å². The number of carboxylic acids is 1. The summed E-state index contributed by atoms with van der Waals surface area (Å²) >= 11 is 5.84. The normalized spacial score (nSPS) is 14.7. The first-order valence-corrected chi connectivity index (χ1v) is 7.19. The molecule has 1 amide bonds. The Bertz CT molecular complexity index is 583. The van der Waals surface area contributed by atoms with Crippen LogP contribution in [0.1, 0.15) is 20.3 Å². The number of nitrogens with one attached hydrogen (secondary N) is 1. The number of carbonyl (C=O) groups is 2. The molecule has 1 rings (SSSR count). The lowest BCUT2D eigenvalue weighted by Gasteiger charge is -2.30. The Morgan fingerprint density at radius 2 is 2.13 bits per heavy atom. The van der Waals surface area contributed by atoms with Crippen molar-refractivity contribution in [2.75, 3.05) is 13.7 Å². The number of aliphatic carboxylic acids is 1. The van der Waals surface area contributed by atoms with Crippen molar-refractivity contribution >= 4 is 23.5 Å². The molecule has 8 heteroatoms. The summed E-state index contributed by atoms with van der Waals surface area (Å²) in [7, 11) is 1.41. The van der Waals surface area contributed by atoms with E-state index in [1.54, 1.807) is 6.92 Å². The van der Waals surface area contributed by atoms with Crippen molar-refractivity contribution < 1.29 is 28.6 Å². The molecule has 1 aromatic carbocycles. The van der Waals surface area contributed by atoms with Gasteiger partial charge in [0.1, 0.15) is 11.6 Å². The van der Waals surface area contributed by atoms with E-state index < -0.39 is 29.3 Å². The second-order valence-corrected chi connectivity index (χ2v) is 5.80. The van der Waals surface area contributed by atoms with Crippen LogP contribution in [0.5, 0.6) is 5.75 Å². The largest absolute Gasteiger partial charge is 0.481 e. The molecule has 0 aromatic heterocycles. The van der Waals surface area contributed by atoms with Gasteiger partial charge in [-0.2, -0.15) is 0 Å². The molecule has 0 radical (unpaired) electrons. The summed E-state index contributed by atoms with van der Waals surface area (Å²) in [5.74, 6) is -1.97. The average molecular weight is 348 g/mol. The summed E-state index contributed by atoms with van der Waals surface area (Å²) < 4.78 is 23.3. The Kier molecular flexibility index (Phi) is 6.78. The minimum atomic E-state index is -1.08. The number of methoxy groups -OCH3 is 1. The quantitative estimate of drug-likeness (QED) is 0.753. The highest BCUT2D eigenvalue weighted by molar-refractivity contribution is 6.32. The van der Waals surface area contributed by atoms with Gasteiger partial charge in [0.2, 0.25) is 0 Å². The highest BCUT2D eigenvalue weighted by atomic mass is 35.5. The van der Waals surface area contributed by atoms with E-state index in [0.717, 1.165) is 12.1 Å². The summed E-state index contributed by atoms with van der Waals surface area (Å²) in [6, 6.07) is 3.54. The summed E-state index contributed by atoms with van der Waals surface area (Å²) in [5.41, 5.74) is -1.08. The first-order valence-electron chi connectivity index (χ1n) is 6.81. The second kappa shape index (κ2) is 8.12. The van der Waals surface area contributed by atoms with Crippen LogP contribution >= 0.6 is 11.6 Å². The molecular formula is C15H19ClFNO5. The van der Waals surface area contributed by atoms with E-state index in [2.05, 4.69) is 5.32 Å². The first kappa shape index (κ1) is 19.2. The Morgan fingerprint density at radius 1 is 1.48 bits per heavy atom. The number of carbonyl (C=O) groups excluding carboxylic acids is 1. The molecule has 6 nitrogen and oxygen atoms in total. The zero-order valence-electron chi connectivity index (χ0n) is 13.1. The molecule has 0 saturated carbocycles. The molecule has 2 atom stereocenters. The second-order valence-electron chi connectivity index (χ2n) is 5.39. The van der Waals surface area contributed by atoms with Crippen LogP contribution in [0.4, 0.5) is 4.39 Å². The molecule has 0 fully saturated rings. The lowest BCUT2D eigenvalue weighted by molar-refractivity contribution is -0.140. The number of hydrogen-bond donors (Lipinski definition) is 2. The standard InChI is InChI=1S/C15H19ClFNO5/c1-9(23-12-5-4-10(17)6-11(12)16)14(21)18-15(2,8-22-3)7-13(19)20/h4-6,9H,7-8H2,1-3H3,(H,18,21)(H,19,20). The zero-order valence-corrected chi connectivity index (χ0v) is 13.8. The number of halogens is 2. The fraction of sp³-hybridized carbons (Fsp3) is 0.467. The monoisotopic (exact) mass is 347 g/mol. The highest BCUT2D eigenvalue weighted by Gasteiger charge is 2.31. The fourth-order valence-electron chi connectivity index (χ4n) is 2.00. The van der Waals surface area contributed by atoms with Crippen LogP contribution in [0.3, 0.4) is 0 Å². The number of rotatable bonds is 8. The molecule has 0 aliphatic heterocycles. The van der Waals surface area contributed by atoms with Crippen molar-refractivity contribution in [3.63, 3.8) is 0 Å². The minimum absolute atomic E-state index is 0.0229. The number of carboxylic acid groups (broad SMARTS) is 1. The van der Waals surface area contributed by atoms with Gasteiger partial charge in [-0.05, 0) is 32.0 Å². The summed E-state index contributed by atoms with van der Waals surface area (Å²) in [6.07, 6.45) is -1.26. The van der Waals surface area contributed by atoms with Crippen LogP contribution in [0.25, 0.3) is 0 Å². The van der Waals surface area contributed by atoms with Crippen molar-refractivity contribution in [2.24, 2.45) is 0 Å². The first-order chi connectivity index (χ1) is 10.7. The molecule has 0 heterocycles. The number of ether oxygens (including phenoxy) is 2. The molecule has 2 N–H and O–H groups in total. The Morgan fingerprint density at radius 3 is 2.65 bits per heavy atom. The van der Waals surface area contributed by atoms with Crippen LogP contribution in [-0.4, -0.2) is 42.3 Å². The molecule has 0 bridgehead atoms. The van der Waals surface area contributed by atoms with Crippen LogP contribution in [0.15, 0.2) is 18.2 Å². The van der Waals surface area contributed by atoms with Crippen molar-refractivity contribution in [1.29, 1.82) is 0 Å². The van der Waals surface area contributed by atoms with E-state index in [1.165, 1.54) is 20.1 Å². The van der Waals surface area contributed by atoms with Crippen molar-refractivity contribution in [1.82, 2.24) is 5.32 Å². The third kappa shape index (κ3) is 6.03. The summed E-state index contributed by atoms with van der Waals surface area (Å²) in [4.78, 5) is 23.1. The predicted octanol–water partition coefficient (Wildman–Crippen LogP) is 2.24. The SMILES string of the molecule is COCC(C)(CC(=O)O)NC(=O)C(C)Oc1ccc(F)cc1Cl. The Labute approximate surface area is 138 Å². The fourth-order valence-corrected chi connectivity index (χ4v) is 2.21. The predicted molar refractivity (Wildman–Crippen MR) is 82.2 cm³/mol. The van der Waals surface area contributed by atoms with Crippen molar-refractivity contribution in [3.8, 4) is 5.75 Å². The lowest BCUT2D eigenvalue weighted by atomic mass is 9.98. The van der Waals surface area contributed by atoms with Gasteiger partial charge in [-0.25, -0.2) is 4.39 Å². The van der Waals surface area contributed by atoms with E-state index in [9.17, 15) is 14.0 Å². The maximum absolute atomic E-state index is 13.0. The van der Waals surface area contributed by atoms with Gasteiger partial charge in [-0.15, -0.1) is 0 Å². The molecule has 0 aliphatic carbocycles. The van der Waals surface area contributed by atoms with E-state index in [0.29, 0.717) is 0 Å². The zero-order chi connectivity index (χ0) is 17.6. The molecule has 0 aliphatic rings. The molecule has 0 spiro atoms. The molecule has 23 heavy (non-hydrogen) atoms. The van der Waals surface area contributed by atoms with Crippen molar-refractivity contribution in [3.05, 3.63) is 29.0 Å². The van der Waals surface area contributed by atoms with Crippen molar-refractivity contribution in [2.45, 2.75) is 31.9 Å². The highest BCUT2D eigenvalue weighted by Crippen LogP contribution is 2.26. The third-order valence-corrected chi connectivity index (χ3v) is 3.29. The van der Waals surface area contributed by atoms with Crippen LogP contribution in [0.2, 0.25) is 5.02 Å². The smallest absolute Gasteiger partial charge is 0.305 e. The lowest BCUT2D eigenvalue weighted by Crippen LogP contribution is -2.54. The number of hydrogen-bond acceptors (Lipinski definition) is 4. The van der Waals surface area contributed by atoms with Crippen LogP contribution < -0.4 is 10.1 Å². The average Bonchev–Trinajstić information content (AvgIpc) is 2.40. The van der Waals surface area contributed by atoms with E-state index >= 15 is 0 Å². The molecule has 0 saturated heterocycles. The van der Waals surface area contributed by atoms with E-state index in [-0.39, 0.29) is 23.8 Å². The topological polar surface area (TPSA) is 84.9 Å². The van der Waals surface area contributed by atoms with Gasteiger partial charge in [0.25, 0.3) is 5.91 Å². The third-order valence-electron chi connectivity index (χ3n) is 3.00.